The summed E-state index contributed by atoms with van der Waals surface area (Å²) in [7, 11) is 0. The zero-order valence-corrected chi connectivity index (χ0v) is 14.9. The first-order valence-electron chi connectivity index (χ1n) is 8.49. The number of ether oxygens (including phenoxy) is 3. The molecule has 1 amide bonds. The van der Waals surface area contributed by atoms with Crippen LogP contribution in [0.15, 0.2) is 18.2 Å². The first kappa shape index (κ1) is 19.3. The fraction of sp³-hybridized carbons (Fsp3) is 0.611. The maximum atomic E-state index is 11.6. The number of carbonyl (C=O) groups is 1. The summed E-state index contributed by atoms with van der Waals surface area (Å²) < 4.78 is 16.2. The highest BCUT2D eigenvalue weighted by Gasteiger charge is 2.22. The predicted octanol–water partition coefficient (Wildman–Crippen LogP) is 2.16. The number of benzene rings is 1. The van der Waals surface area contributed by atoms with E-state index in [2.05, 4.69) is 5.32 Å². The molecule has 1 aromatic rings. The molecule has 7 heteroatoms. The monoisotopic (exact) mass is 353 g/mol. The van der Waals surface area contributed by atoms with Crippen molar-refractivity contribution in [3.63, 3.8) is 0 Å². The summed E-state index contributed by atoms with van der Waals surface area (Å²) in [6.07, 6.45) is -1.68. The van der Waals surface area contributed by atoms with Gasteiger partial charge in [0.2, 0.25) is 0 Å². The van der Waals surface area contributed by atoms with Crippen molar-refractivity contribution in [2.75, 3.05) is 19.8 Å². The lowest BCUT2D eigenvalue weighted by atomic mass is 10.0. The molecule has 1 aliphatic rings. The molecule has 0 bridgehead atoms. The average molecular weight is 353 g/mol. The smallest absolute Gasteiger partial charge is 0.407 e. The molecule has 0 fully saturated rings. The largest absolute Gasteiger partial charge is 0.490 e. The van der Waals surface area contributed by atoms with Gasteiger partial charge in [-0.15, -0.1) is 0 Å². The standard InChI is InChI=1S/C18H27NO6/c1-18(2,3)25-17(22)19-8-7-13(20)16(21)12-5-6-14-15(11-12)24-10-4-9-23-14/h5-6,11,13,16,20-21H,4,7-10H2,1-3H3,(H,19,22). The Morgan fingerprint density at radius 1 is 1.24 bits per heavy atom. The maximum Gasteiger partial charge on any atom is 0.407 e. The van der Waals surface area contributed by atoms with Crippen LogP contribution in [-0.2, 0) is 4.74 Å². The Balaban J connectivity index is 1.86. The van der Waals surface area contributed by atoms with Gasteiger partial charge in [-0.2, -0.15) is 0 Å². The molecule has 0 aromatic heterocycles. The summed E-state index contributed by atoms with van der Waals surface area (Å²) in [6, 6.07) is 5.10. The molecular formula is C18H27NO6. The van der Waals surface area contributed by atoms with E-state index in [1.54, 1.807) is 39.0 Å². The van der Waals surface area contributed by atoms with Gasteiger partial charge in [-0.05, 0) is 44.9 Å². The molecular weight excluding hydrogens is 326 g/mol. The lowest BCUT2D eigenvalue weighted by molar-refractivity contribution is 0.0122. The number of hydrogen-bond acceptors (Lipinski definition) is 6. The van der Waals surface area contributed by atoms with Gasteiger partial charge in [-0.3, -0.25) is 0 Å². The number of nitrogens with one attached hydrogen (secondary N) is 1. The van der Waals surface area contributed by atoms with E-state index in [1.165, 1.54) is 0 Å². The van der Waals surface area contributed by atoms with Gasteiger partial charge in [-0.25, -0.2) is 4.79 Å². The first-order valence-corrected chi connectivity index (χ1v) is 8.49. The van der Waals surface area contributed by atoms with E-state index in [0.29, 0.717) is 30.3 Å². The summed E-state index contributed by atoms with van der Waals surface area (Å²) in [6.45, 7) is 6.65. The Kier molecular flexibility index (Phi) is 6.50. The molecule has 25 heavy (non-hydrogen) atoms. The highest BCUT2D eigenvalue weighted by Crippen LogP contribution is 2.33. The molecule has 1 aliphatic heterocycles. The van der Waals surface area contributed by atoms with Crippen LogP contribution in [0.25, 0.3) is 0 Å². The van der Waals surface area contributed by atoms with E-state index in [-0.39, 0.29) is 13.0 Å². The van der Waals surface area contributed by atoms with Crippen LogP contribution in [0.1, 0.15) is 45.3 Å². The van der Waals surface area contributed by atoms with Gasteiger partial charge in [0.05, 0.1) is 19.3 Å². The third-order valence-electron chi connectivity index (χ3n) is 3.59. The van der Waals surface area contributed by atoms with Gasteiger partial charge in [0.1, 0.15) is 11.7 Å². The van der Waals surface area contributed by atoms with Crippen molar-refractivity contribution in [3.05, 3.63) is 23.8 Å². The van der Waals surface area contributed by atoms with E-state index in [9.17, 15) is 15.0 Å². The number of fused-ring (bicyclic) bond motifs is 1. The third-order valence-corrected chi connectivity index (χ3v) is 3.59. The normalized spacial score (nSPS) is 16.5. The SMILES string of the molecule is CC(C)(C)OC(=O)NCCC(O)C(O)c1ccc2c(c1)OCCCO2. The van der Waals surface area contributed by atoms with Gasteiger partial charge in [0.15, 0.2) is 11.5 Å². The second kappa shape index (κ2) is 8.40. The fourth-order valence-corrected chi connectivity index (χ4v) is 2.38. The van der Waals surface area contributed by atoms with Gasteiger partial charge < -0.3 is 29.7 Å². The molecule has 2 atom stereocenters. The van der Waals surface area contributed by atoms with Crippen molar-refractivity contribution in [3.8, 4) is 11.5 Å². The van der Waals surface area contributed by atoms with Crippen LogP contribution in [0.5, 0.6) is 11.5 Å². The molecule has 2 rings (SSSR count). The molecule has 140 valence electrons. The molecule has 0 radical (unpaired) electrons. The van der Waals surface area contributed by atoms with Gasteiger partial charge in [0.25, 0.3) is 0 Å². The highest BCUT2D eigenvalue weighted by atomic mass is 16.6. The second-order valence-electron chi connectivity index (χ2n) is 6.99. The fourth-order valence-electron chi connectivity index (χ4n) is 2.38. The van der Waals surface area contributed by atoms with E-state index in [1.807, 2.05) is 0 Å². The van der Waals surface area contributed by atoms with Crippen molar-refractivity contribution in [2.24, 2.45) is 0 Å². The van der Waals surface area contributed by atoms with Crippen molar-refractivity contribution in [2.45, 2.75) is 51.4 Å². The second-order valence-corrected chi connectivity index (χ2v) is 6.99. The molecule has 0 aliphatic carbocycles. The minimum absolute atomic E-state index is 0.189. The minimum Gasteiger partial charge on any atom is -0.490 e. The lowest BCUT2D eigenvalue weighted by Gasteiger charge is -2.21. The van der Waals surface area contributed by atoms with Crippen LogP contribution in [0.3, 0.4) is 0 Å². The van der Waals surface area contributed by atoms with Crippen molar-refractivity contribution in [1.29, 1.82) is 0 Å². The molecule has 1 heterocycles. The number of hydrogen-bond donors (Lipinski definition) is 3. The van der Waals surface area contributed by atoms with E-state index in [4.69, 9.17) is 14.2 Å². The minimum atomic E-state index is -1.09. The van der Waals surface area contributed by atoms with Crippen LogP contribution in [-0.4, -0.2) is 47.8 Å². The van der Waals surface area contributed by atoms with Crippen LogP contribution in [0.2, 0.25) is 0 Å². The highest BCUT2D eigenvalue weighted by molar-refractivity contribution is 5.67. The molecule has 7 nitrogen and oxygen atoms in total. The van der Waals surface area contributed by atoms with Gasteiger partial charge in [0, 0.05) is 13.0 Å². The van der Waals surface area contributed by atoms with Gasteiger partial charge in [-0.1, -0.05) is 6.07 Å². The molecule has 0 spiro atoms. The summed E-state index contributed by atoms with van der Waals surface area (Å²) in [4.78, 5) is 11.6. The predicted molar refractivity (Wildman–Crippen MR) is 91.9 cm³/mol. The van der Waals surface area contributed by atoms with Crippen LogP contribution < -0.4 is 14.8 Å². The third kappa shape index (κ3) is 6.10. The topological polar surface area (TPSA) is 97.3 Å². The molecule has 0 saturated heterocycles. The van der Waals surface area contributed by atoms with Crippen LogP contribution in [0, 0.1) is 0 Å². The molecule has 3 N–H and O–H groups in total. The lowest BCUT2D eigenvalue weighted by Crippen LogP contribution is -2.34. The first-order chi connectivity index (χ1) is 11.8. The quantitative estimate of drug-likeness (QED) is 0.750. The zero-order valence-electron chi connectivity index (χ0n) is 14.9. The van der Waals surface area contributed by atoms with Gasteiger partial charge >= 0.3 is 6.09 Å². The number of aliphatic hydroxyl groups is 2. The van der Waals surface area contributed by atoms with Crippen molar-refractivity contribution in [1.82, 2.24) is 5.32 Å². The van der Waals surface area contributed by atoms with Crippen LogP contribution >= 0.6 is 0 Å². The average Bonchev–Trinajstić information content (AvgIpc) is 2.76. The molecule has 0 saturated carbocycles. The summed E-state index contributed by atoms with van der Waals surface area (Å²) in [5.74, 6) is 1.20. The summed E-state index contributed by atoms with van der Waals surface area (Å²) in [5, 5.41) is 23.0. The number of rotatable bonds is 5. The number of alkyl carbamates (subject to hydrolysis) is 1. The maximum absolute atomic E-state index is 11.6. The summed E-state index contributed by atoms with van der Waals surface area (Å²) >= 11 is 0. The number of carbonyl (C=O) groups excluding carboxylic acids is 1. The number of amides is 1. The van der Waals surface area contributed by atoms with E-state index in [0.717, 1.165) is 6.42 Å². The molecule has 1 aromatic carbocycles. The number of aliphatic hydroxyl groups excluding tert-OH is 2. The Bertz CT molecular complexity index is 583. The van der Waals surface area contributed by atoms with E-state index >= 15 is 0 Å². The van der Waals surface area contributed by atoms with E-state index < -0.39 is 23.9 Å². The Labute approximate surface area is 147 Å². The zero-order chi connectivity index (χ0) is 18.4. The summed E-state index contributed by atoms with van der Waals surface area (Å²) in [5.41, 5.74) is -0.0411. The van der Waals surface area contributed by atoms with Crippen molar-refractivity contribution < 1.29 is 29.2 Å². The Hall–Kier alpha value is -1.99. The Morgan fingerprint density at radius 2 is 1.92 bits per heavy atom. The van der Waals surface area contributed by atoms with Crippen LogP contribution in [0.4, 0.5) is 4.79 Å². The van der Waals surface area contributed by atoms with Crippen molar-refractivity contribution >= 4 is 6.09 Å². The Morgan fingerprint density at radius 3 is 2.60 bits per heavy atom. The molecule has 2 unspecified atom stereocenters.